The maximum atomic E-state index is 12.5. The van der Waals surface area contributed by atoms with E-state index in [0.717, 1.165) is 17.1 Å². The van der Waals surface area contributed by atoms with E-state index < -0.39 is 10.8 Å². The lowest BCUT2D eigenvalue weighted by Crippen LogP contribution is -2.33. The van der Waals surface area contributed by atoms with E-state index in [-0.39, 0.29) is 5.91 Å². The molecule has 138 valence electrons. The Morgan fingerprint density at radius 1 is 1.11 bits per heavy atom. The van der Waals surface area contributed by atoms with Gasteiger partial charge in [-0.05, 0) is 35.9 Å². The Kier molecular flexibility index (Phi) is 5.07. The maximum absolute atomic E-state index is 12.5. The lowest BCUT2D eigenvalue weighted by molar-refractivity contribution is 0.0948. The molecule has 0 saturated carbocycles. The van der Waals surface area contributed by atoms with Gasteiger partial charge < -0.3 is 14.6 Å². The number of fused-ring (bicyclic) bond motifs is 1. The van der Waals surface area contributed by atoms with Crippen LogP contribution in [0.5, 0.6) is 0 Å². The van der Waals surface area contributed by atoms with E-state index in [1.807, 2.05) is 36.4 Å². The predicted octanol–water partition coefficient (Wildman–Crippen LogP) is 3.34. The Morgan fingerprint density at radius 2 is 1.96 bits per heavy atom. The van der Waals surface area contributed by atoms with Crippen LogP contribution in [0.15, 0.2) is 76.2 Å². The summed E-state index contributed by atoms with van der Waals surface area (Å²) in [6.45, 7) is 1.76. The molecule has 1 aromatic heterocycles. The second kappa shape index (κ2) is 7.80. The Labute approximate surface area is 160 Å². The van der Waals surface area contributed by atoms with Gasteiger partial charge >= 0.3 is 0 Å². The van der Waals surface area contributed by atoms with E-state index in [9.17, 15) is 9.00 Å². The van der Waals surface area contributed by atoms with Crippen molar-refractivity contribution in [3.8, 4) is 0 Å². The van der Waals surface area contributed by atoms with Crippen LogP contribution in [-0.4, -0.2) is 22.4 Å². The van der Waals surface area contributed by atoms with Gasteiger partial charge in [-0.25, -0.2) is 0 Å². The minimum atomic E-state index is -1.03. The molecule has 1 atom stereocenters. The van der Waals surface area contributed by atoms with Gasteiger partial charge in [0.2, 0.25) is 0 Å². The fourth-order valence-electron chi connectivity index (χ4n) is 3.17. The third kappa shape index (κ3) is 3.95. The van der Waals surface area contributed by atoms with Crippen molar-refractivity contribution in [3.05, 3.63) is 83.8 Å². The molecule has 1 N–H and O–H groups in total. The van der Waals surface area contributed by atoms with Crippen LogP contribution in [-0.2, 0) is 23.9 Å². The molecule has 6 heteroatoms. The van der Waals surface area contributed by atoms with Crippen LogP contribution in [0.2, 0.25) is 0 Å². The molecule has 2 aromatic carbocycles. The van der Waals surface area contributed by atoms with Gasteiger partial charge in [0.05, 0.1) is 34.2 Å². The van der Waals surface area contributed by atoms with E-state index >= 15 is 0 Å². The average Bonchev–Trinajstić information content (AvgIpc) is 3.22. The number of anilines is 1. The molecule has 0 radical (unpaired) electrons. The minimum Gasteiger partial charge on any atom is -0.467 e. The third-order valence-corrected chi connectivity index (χ3v) is 5.96. The number of rotatable bonds is 5. The molecule has 0 saturated heterocycles. The van der Waals surface area contributed by atoms with E-state index in [0.29, 0.717) is 30.2 Å². The highest BCUT2D eigenvalue weighted by molar-refractivity contribution is 7.85. The maximum Gasteiger partial charge on any atom is 0.251 e. The van der Waals surface area contributed by atoms with Crippen molar-refractivity contribution in [1.29, 1.82) is 0 Å². The first-order valence-corrected chi connectivity index (χ1v) is 10.1. The van der Waals surface area contributed by atoms with E-state index in [2.05, 4.69) is 22.3 Å². The Balaban J connectivity index is 1.56. The molecular weight excluding hydrogens is 360 g/mol. The summed E-state index contributed by atoms with van der Waals surface area (Å²) in [5.41, 5.74) is 2.61. The van der Waals surface area contributed by atoms with Crippen LogP contribution in [0, 0.1) is 0 Å². The summed E-state index contributed by atoms with van der Waals surface area (Å²) in [6, 6.07) is 19.2. The lowest BCUT2D eigenvalue weighted by Gasteiger charge is -2.31. The number of nitrogens with zero attached hydrogens (tertiary/aromatic N) is 1. The molecule has 0 bridgehead atoms. The largest absolute Gasteiger partial charge is 0.467 e. The van der Waals surface area contributed by atoms with Crippen LogP contribution in [0.3, 0.4) is 0 Å². The molecule has 1 aliphatic rings. The number of furan rings is 1. The van der Waals surface area contributed by atoms with Gasteiger partial charge in [-0.3, -0.25) is 9.00 Å². The number of benzene rings is 2. The van der Waals surface area contributed by atoms with Gasteiger partial charge in [-0.15, -0.1) is 0 Å². The van der Waals surface area contributed by atoms with Gasteiger partial charge in [0.1, 0.15) is 5.76 Å². The van der Waals surface area contributed by atoms with Gasteiger partial charge in [0, 0.05) is 24.4 Å². The summed E-state index contributed by atoms with van der Waals surface area (Å²) < 4.78 is 17.7. The zero-order valence-corrected chi connectivity index (χ0v) is 15.6. The number of carbonyl (C=O) groups is 1. The van der Waals surface area contributed by atoms with Crippen molar-refractivity contribution in [3.63, 3.8) is 0 Å². The predicted molar refractivity (Wildman–Crippen MR) is 105 cm³/mol. The van der Waals surface area contributed by atoms with Crippen molar-refractivity contribution in [2.45, 2.75) is 18.0 Å². The summed E-state index contributed by atoms with van der Waals surface area (Å²) in [7, 11) is -1.03. The van der Waals surface area contributed by atoms with Crippen molar-refractivity contribution >= 4 is 22.4 Å². The van der Waals surface area contributed by atoms with Crippen molar-refractivity contribution in [2.24, 2.45) is 0 Å². The minimum absolute atomic E-state index is 0.176. The molecule has 5 nitrogen and oxygen atoms in total. The number of carbonyl (C=O) groups excluding carboxylic acids is 1. The topological polar surface area (TPSA) is 62.6 Å². The number of hydrogen-bond acceptors (Lipinski definition) is 4. The quantitative estimate of drug-likeness (QED) is 0.737. The van der Waals surface area contributed by atoms with Gasteiger partial charge in [0.15, 0.2) is 0 Å². The Bertz CT molecular complexity index is 955. The van der Waals surface area contributed by atoms with Gasteiger partial charge in [-0.2, -0.15) is 0 Å². The van der Waals surface area contributed by atoms with Crippen molar-refractivity contribution in [1.82, 2.24) is 5.32 Å². The average molecular weight is 380 g/mol. The Morgan fingerprint density at radius 3 is 2.74 bits per heavy atom. The first kappa shape index (κ1) is 17.5. The first-order valence-electron chi connectivity index (χ1n) is 8.82. The SMILES string of the molecule is O=C(NCc1ccco1)c1ccc2c(c1)N(Cc1ccccc1)CCS2=O. The molecule has 4 rings (SSSR count). The highest BCUT2D eigenvalue weighted by atomic mass is 32.2. The number of hydrogen-bond donors (Lipinski definition) is 1. The van der Waals surface area contributed by atoms with Gasteiger partial charge in [-0.1, -0.05) is 30.3 Å². The van der Waals surface area contributed by atoms with Crippen LogP contribution < -0.4 is 10.2 Å². The summed E-state index contributed by atoms with van der Waals surface area (Å²) in [5, 5.41) is 2.86. The number of amides is 1. The molecule has 27 heavy (non-hydrogen) atoms. The summed E-state index contributed by atoms with van der Waals surface area (Å²) in [4.78, 5) is 15.5. The zero-order valence-electron chi connectivity index (χ0n) is 14.8. The summed E-state index contributed by atoms with van der Waals surface area (Å²) in [5.74, 6) is 1.13. The van der Waals surface area contributed by atoms with Crippen molar-refractivity contribution in [2.75, 3.05) is 17.2 Å². The smallest absolute Gasteiger partial charge is 0.251 e. The Hall–Kier alpha value is -2.86. The molecule has 1 aliphatic heterocycles. The fraction of sp³-hybridized carbons (Fsp3) is 0.190. The van der Waals surface area contributed by atoms with E-state index in [1.54, 1.807) is 18.4 Å². The summed E-state index contributed by atoms with van der Waals surface area (Å²) in [6.07, 6.45) is 1.58. The zero-order chi connectivity index (χ0) is 18.6. The monoisotopic (exact) mass is 380 g/mol. The molecule has 1 amide bonds. The second-order valence-corrected chi connectivity index (χ2v) is 7.94. The van der Waals surface area contributed by atoms with Crippen LogP contribution >= 0.6 is 0 Å². The normalized spacial score (nSPS) is 16.0. The fourth-order valence-corrected chi connectivity index (χ4v) is 4.42. The first-order chi connectivity index (χ1) is 13.2. The van der Waals surface area contributed by atoms with E-state index in [4.69, 9.17) is 4.42 Å². The van der Waals surface area contributed by atoms with Gasteiger partial charge in [0.25, 0.3) is 5.91 Å². The summed E-state index contributed by atoms with van der Waals surface area (Å²) >= 11 is 0. The standard InChI is InChI=1S/C21H20N2O3S/c24-21(22-14-18-7-4-11-26-18)17-8-9-20-19(13-17)23(10-12-27(20)25)15-16-5-2-1-3-6-16/h1-9,11,13H,10,12,14-15H2,(H,22,24). The molecule has 1 unspecified atom stereocenters. The van der Waals surface area contributed by atoms with E-state index in [1.165, 1.54) is 5.56 Å². The lowest BCUT2D eigenvalue weighted by atomic mass is 10.1. The molecular formula is C21H20N2O3S. The van der Waals surface area contributed by atoms with Crippen LogP contribution in [0.4, 0.5) is 5.69 Å². The molecule has 3 aromatic rings. The third-order valence-electron chi connectivity index (χ3n) is 4.57. The van der Waals surface area contributed by atoms with Crippen LogP contribution in [0.1, 0.15) is 21.7 Å². The number of nitrogens with one attached hydrogen (secondary N) is 1. The molecule has 0 aliphatic carbocycles. The van der Waals surface area contributed by atoms with Crippen LogP contribution in [0.25, 0.3) is 0 Å². The van der Waals surface area contributed by atoms with Crippen molar-refractivity contribution < 1.29 is 13.4 Å². The highest BCUT2D eigenvalue weighted by Gasteiger charge is 2.23. The molecule has 0 fully saturated rings. The highest BCUT2D eigenvalue weighted by Crippen LogP contribution is 2.30. The second-order valence-electron chi connectivity index (χ2n) is 6.40. The molecule has 2 heterocycles. The molecule has 0 spiro atoms.